The number of para-hydroxylation sites is 1. The molecule has 1 amide bonds. The number of halogens is 2. The van der Waals surface area contributed by atoms with Crippen LogP contribution >= 0.6 is 23.2 Å². The van der Waals surface area contributed by atoms with E-state index in [1.54, 1.807) is 42.5 Å². The highest BCUT2D eigenvalue weighted by Gasteiger charge is 2.13. The lowest BCUT2D eigenvalue weighted by atomic mass is 10.2. The number of methoxy groups -OCH3 is 2. The summed E-state index contributed by atoms with van der Waals surface area (Å²) in [5.41, 5.74) is 0.600. The third-order valence-electron chi connectivity index (χ3n) is 4.35. The number of ether oxygens (including phenoxy) is 3. The first-order valence-corrected chi connectivity index (χ1v) is 10.5. The van der Waals surface area contributed by atoms with Crippen LogP contribution in [0.4, 0.5) is 0 Å². The number of hydrogen-bond acceptors (Lipinski definition) is 7. The number of carbonyl (C=O) groups is 1. The van der Waals surface area contributed by atoms with Crippen LogP contribution in [-0.4, -0.2) is 43.1 Å². The highest BCUT2D eigenvalue weighted by Crippen LogP contribution is 2.37. The van der Waals surface area contributed by atoms with Gasteiger partial charge < -0.3 is 23.9 Å². The largest absolute Gasteiger partial charge is 0.493 e. The zero-order valence-electron chi connectivity index (χ0n) is 17.8. The zero-order valence-corrected chi connectivity index (χ0v) is 19.4. The minimum Gasteiger partial charge on any atom is -0.493 e. The van der Waals surface area contributed by atoms with Crippen molar-refractivity contribution in [1.29, 1.82) is 0 Å². The molecule has 3 rings (SSSR count). The summed E-state index contributed by atoms with van der Waals surface area (Å²) in [6, 6.07) is 10.4. The van der Waals surface area contributed by atoms with Gasteiger partial charge in [0, 0.05) is 6.08 Å². The molecule has 9 nitrogen and oxygen atoms in total. The van der Waals surface area contributed by atoms with Crippen molar-refractivity contribution in [2.45, 2.75) is 6.54 Å². The van der Waals surface area contributed by atoms with Crippen molar-refractivity contribution in [3.05, 3.63) is 68.4 Å². The number of rotatable bonds is 10. The van der Waals surface area contributed by atoms with Gasteiger partial charge in [-0.1, -0.05) is 35.3 Å². The average molecular weight is 494 g/mol. The molecule has 33 heavy (non-hydrogen) atoms. The van der Waals surface area contributed by atoms with Crippen LogP contribution in [0, 0.1) is 0 Å². The molecule has 0 bridgehead atoms. The van der Waals surface area contributed by atoms with E-state index in [2.05, 4.69) is 10.4 Å². The molecule has 0 spiro atoms. The van der Waals surface area contributed by atoms with Crippen LogP contribution in [0.2, 0.25) is 10.0 Å². The molecule has 0 aliphatic heterocycles. The van der Waals surface area contributed by atoms with E-state index in [4.69, 9.17) is 41.8 Å². The number of nitrogens with one attached hydrogen (secondary N) is 1. The molecule has 1 N–H and O–H groups in total. The maximum atomic E-state index is 12.1. The number of carbonyl (C=O) groups excluding carboxylic acids is 1. The van der Waals surface area contributed by atoms with Crippen LogP contribution < -0.4 is 25.3 Å². The SMILES string of the molecule is COc1ccc(/C=C/c2nn(CC(=O)NCCOc3ccccc3Cl)c(=O)o2)c(Cl)c1OC. The van der Waals surface area contributed by atoms with Gasteiger partial charge >= 0.3 is 5.76 Å². The summed E-state index contributed by atoms with van der Waals surface area (Å²) < 4.78 is 21.9. The smallest absolute Gasteiger partial charge is 0.437 e. The lowest BCUT2D eigenvalue weighted by Gasteiger charge is -2.10. The van der Waals surface area contributed by atoms with Gasteiger partial charge in [-0.15, -0.1) is 5.10 Å². The highest BCUT2D eigenvalue weighted by molar-refractivity contribution is 6.34. The van der Waals surface area contributed by atoms with E-state index < -0.39 is 11.7 Å². The number of aromatic nitrogens is 2. The van der Waals surface area contributed by atoms with Crippen molar-refractivity contribution in [2.24, 2.45) is 0 Å². The van der Waals surface area contributed by atoms with Crippen LogP contribution in [-0.2, 0) is 11.3 Å². The van der Waals surface area contributed by atoms with Crippen LogP contribution in [0.5, 0.6) is 17.2 Å². The molecule has 0 unspecified atom stereocenters. The topological polar surface area (TPSA) is 105 Å². The first-order valence-electron chi connectivity index (χ1n) is 9.73. The summed E-state index contributed by atoms with van der Waals surface area (Å²) in [6.45, 7) is 0.129. The number of benzene rings is 2. The predicted octanol–water partition coefficient (Wildman–Crippen LogP) is 3.53. The first-order chi connectivity index (χ1) is 15.9. The number of hydrogen-bond donors (Lipinski definition) is 1. The van der Waals surface area contributed by atoms with Crippen molar-refractivity contribution >= 4 is 41.3 Å². The molecule has 1 heterocycles. The molecule has 0 aliphatic carbocycles. The maximum absolute atomic E-state index is 12.1. The Balaban J connectivity index is 1.56. The maximum Gasteiger partial charge on any atom is 0.437 e. The summed E-state index contributed by atoms with van der Waals surface area (Å²) in [4.78, 5) is 24.1. The monoisotopic (exact) mass is 493 g/mol. The molecule has 11 heteroatoms. The fourth-order valence-electron chi connectivity index (χ4n) is 2.79. The highest BCUT2D eigenvalue weighted by atomic mass is 35.5. The second kappa shape index (κ2) is 11.4. The van der Waals surface area contributed by atoms with E-state index in [0.29, 0.717) is 32.9 Å². The third-order valence-corrected chi connectivity index (χ3v) is 5.06. The average Bonchev–Trinajstić information content (AvgIpc) is 3.15. The summed E-state index contributed by atoms with van der Waals surface area (Å²) in [6.07, 6.45) is 3.06. The van der Waals surface area contributed by atoms with Gasteiger partial charge in [0.1, 0.15) is 18.9 Å². The van der Waals surface area contributed by atoms with E-state index in [1.165, 1.54) is 20.3 Å². The third kappa shape index (κ3) is 6.30. The summed E-state index contributed by atoms with van der Waals surface area (Å²) in [7, 11) is 2.99. The Morgan fingerprint density at radius 3 is 2.64 bits per heavy atom. The van der Waals surface area contributed by atoms with Crippen LogP contribution in [0.1, 0.15) is 11.5 Å². The Morgan fingerprint density at radius 2 is 1.91 bits per heavy atom. The van der Waals surface area contributed by atoms with E-state index >= 15 is 0 Å². The lowest BCUT2D eigenvalue weighted by Crippen LogP contribution is -2.34. The molecule has 0 fully saturated rings. The quantitative estimate of drug-likeness (QED) is 0.430. The summed E-state index contributed by atoms with van der Waals surface area (Å²) in [5, 5.41) is 7.44. The van der Waals surface area contributed by atoms with E-state index in [1.807, 2.05) is 0 Å². The van der Waals surface area contributed by atoms with E-state index in [0.717, 1.165) is 4.68 Å². The van der Waals surface area contributed by atoms with Gasteiger partial charge in [0.25, 0.3) is 0 Å². The normalized spacial score (nSPS) is 10.9. The minimum atomic E-state index is -0.768. The molecule has 0 aliphatic rings. The fourth-order valence-corrected chi connectivity index (χ4v) is 3.28. The standard InChI is InChI=1S/C22H21Cl2N3O6/c1-30-17-9-7-14(20(24)21(17)31-2)8-10-19-26-27(22(29)33-19)13-18(28)25-11-12-32-16-6-4-3-5-15(16)23/h3-10H,11-13H2,1-2H3,(H,25,28)/b10-8+. The second-order valence-corrected chi connectivity index (χ2v) is 7.32. The van der Waals surface area contributed by atoms with Crippen LogP contribution in [0.15, 0.2) is 45.6 Å². The Kier molecular flexibility index (Phi) is 8.39. The van der Waals surface area contributed by atoms with Gasteiger partial charge in [-0.2, -0.15) is 4.68 Å². The van der Waals surface area contributed by atoms with Crippen molar-refractivity contribution in [2.75, 3.05) is 27.4 Å². The van der Waals surface area contributed by atoms with Gasteiger partial charge in [-0.05, 0) is 35.9 Å². The zero-order chi connectivity index (χ0) is 23.8. The lowest BCUT2D eigenvalue weighted by molar-refractivity contribution is -0.122. The fraction of sp³-hybridized carbons (Fsp3) is 0.227. The molecule has 174 valence electrons. The molecule has 2 aromatic carbocycles. The van der Waals surface area contributed by atoms with Crippen molar-refractivity contribution < 1.29 is 23.4 Å². The Labute approximate surface area is 199 Å². The molecule has 0 radical (unpaired) electrons. The predicted molar refractivity (Wildman–Crippen MR) is 124 cm³/mol. The molecule has 0 atom stereocenters. The van der Waals surface area contributed by atoms with Crippen molar-refractivity contribution in [3.63, 3.8) is 0 Å². The number of nitrogens with zero attached hydrogens (tertiary/aromatic N) is 2. The molecular weight excluding hydrogens is 473 g/mol. The molecule has 0 saturated carbocycles. The molecule has 3 aromatic rings. The van der Waals surface area contributed by atoms with Gasteiger partial charge in [-0.25, -0.2) is 4.79 Å². The van der Waals surface area contributed by atoms with Crippen LogP contribution in [0.25, 0.3) is 12.2 Å². The molecule has 1 aromatic heterocycles. The van der Waals surface area contributed by atoms with Crippen molar-refractivity contribution in [1.82, 2.24) is 15.1 Å². The first kappa shape index (κ1) is 24.2. The van der Waals surface area contributed by atoms with Crippen molar-refractivity contribution in [3.8, 4) is 17.2 Å². The molecular formula is C22H21Cl2N3O6. The Bertz CT molecular complexity index is 1210. The van der Waals surface area contributed by atoms with E-state index in [-0.39, 0.29) is 25.6 Å². The summed E-state index contributed by atoms with van der Waals surface area (Å²) in [5.74, 6) is 0.206. The Hall–Kier alpha value is -3.43. The van der Waals surface area contributed by atoms with Gasteiger partial charge in [0.2, 0.25) is 11.8 Å². The van der Waals surface area contributed by atoms with Gasteiger partial charge in [0.05, 0.1) is 30.8 Å². The van der Waals surface area contributed by atoms with E-state index in [9.17, 15) is 9.59 Å². The Morgan fingerprint density at radius 1 is 1.12 bits per heavy atom. The van der Waals surface area contributed by atoms with Gasteiger partial charge in [0.15, 0.2) is 11.5 Å². The second-order valence-electron chi connectivity index (χ2n) is 6.53. The minimum absolute atomic E-state index is 0.0145. The summed E-state index contributed by atoms with van der Waals surface area (Å²) >= 11 is 12.3. The van der Waals surface area contributed by atoms with Gasteiger partial charge in [-0.3, -0.25) is 4.79 Å². The van der Waals surface area contributed by atoms with Crippen LogP contribution in [0.3, 0.4) is 0 Å². The molecule has 0 saturated heterocycles. The number of amides is 1.